The molecule has 0 N–H and O–H groups in total. The van der Waals surface area contributed by atoms with Crippen LogP contribution < -0.4 is 4.74 Å². The molecule has 0 aliphatic rings. The summed E-state index contributed by atoms with van der Waals surface area (Å²) in [6.07, 6.45) is 3.82. The first kappa shape index (κ1) is 14.0. The molecule has 0 amide bonds. The third kappa shape index (κ3) is 5.30. The van der Waals surface area contributed by atoms with Crippen molar-refractivity contribution in [3.05, 3.63) is 35.9 Å². The Morgan fingerprint density at radius 1 is 1.22 bits per heavy atom. The predicted octanol–water partition coefficient (Wildman–Crippen LogP) is 2.58. The summed E-state index contributed by atoms with van der Waals surface area (Å²) in [7, 11) is 0. The Kier molecular flexibility index (Phi) is 5.64. The summed E-state index contributed by atoms with van der Waals surface area (Å²) in [6.45, 7) is 3.71. The quantitative estimate of drug-likeness (QED) is 0.456. The van der Waals surface area contributed by atoms with Gasteiger partial charge < -0.3 is 9.47 Å². The molecule has 96 valence electrons. The lowest BCUT2D eigenvalue weighted by atomic mass is 10.2. The van der Waals surface area contributed by atoms with Gasteiger partial charge in [-0.15, -0.1) is 0 Å². The van der Waals surface area contributed by atoms with Crippen LogP contribution in [0.1, 0.15) is 25.8 Å². The molecule has 0 saturated heterocycles. The molecule has 1 aromatic rings. The molecule has 0 heterocycles. The molecule has 4 heteroatoms. The van der Waals surface area contributed by atoms with Crippen LogP contribution in [0.5, 0.6) is 5.75 Å². The third-order valence-electron chi connectivity index (χ3n) is 2.00. The number of hydrogen-bond acceptors (Lipinski definition) is 4. The van der Waals surface area contributed by atoms with Crippen LogP contribution in [0.3, 0.4) is 0 Å². The lowest BCUT2D eigenvalue weighted by Crippen LogP contribution is -2.01. The van der Waals surface area contributed by atoms with Crippen LogP contribution in [-0.4, -0.2) is 18.5 Å². The summed E-state index contributed by atoms with van der Waals surface area (Å²) < 4.78 is 9.79. The van der Waals surface area contributed by atoms with Crippen LogP contribution in [0.2, 0.25) is 0 Å². The topological polar surface area (TPSA) is 52.6 Å². The van der Waals surface area contributed by atoms with E-state index in [4.69, 9.17) is 9.47 Å². The Morgan fingerprint density at radius 3 is 2.44 bits per heavy atom. The largest absolute Gasteiger partial charge is 0.463 e. The maximum Gasteiger partial charge on any atom is 0.330 e. The minimum Gasteiger partial charge on any atom is -0.463 e. The highest BCUT2D eigenvalue weighted by Crippen LogP contribution is 2.13. The summed E-state index contributed by atoms with van der Waals surface area (Å²) >= 11 is 0. The normalized spacial score (nSPS) is 10.3. The van der Waals surface area contributed by atoms with Gasteiger partial charge >= 0.3 is 11.9 Å². The Hall–Kier alpha value is -2.10. The molecule has 0 aliphatic carbocycles. The van der Waals surface area contributed by atoms with E-state index in [1.54, 1.807) is 30.3 Å². The van der Waals surface area contributed by atoms with E-state index in [9.17, 15) is 9.59 Å². The molecule has 0 spiro atoms. The summed E-state index contributed by atoms with van der Waals surface area (Å²) in [6, 6.07) is 6.83. The van der Waals surface area contributed by atoms with Crippen LogP contribution in [0.4, 0.5) is 0 Å². The monoisotopic (exact) mass is 248 g/mol. The molecular weight excluding hydrogens is 232 g/mol. The van der Waals surface area contributed by atoms with Gasteiger partial charge in [0, 0.05) is 13.0 Å². The van der Waals surface area contributed by atoms with E-state index in [1.165, 1.54) is 13.0 Å². The van der Waals surface area contributed by atoms with Gasteiger partial charge in [-0.25, -0.2) is 4.79 Å². The highest BCUT2D eigenvalue weighted by molar-refractivity contribution is 5.87. The number of benzene rings is 1. The first-order chi connectivity index (χ1) is 8.61. The summed E-state index contributed by atoms with van der Waals surface area (Å²) in [5.74, 6) is -0.240. The van der Waals surface area contributed by atoms with Crippen LogP contribution in [-0.2, 0) is 14.3 Å². The molecule has 4 nitrogen and oxygen atoms in total. The third-order valence-corrected chi connectivity index (χ3v) is 2.00. The van der Waals surface area contributed by atoms with E-state index in [0.29, 0.717) is 12.4 Å². The van der Waals surface area contributed by atoms with Gasteiger partial charge in [-0.05, 0) is 30.2 Å². The van der Waals surface area contributed by atoms with Crippen LogP contribution in [0, 0.1) is 0 Å². The second-order valence-corrected chi connectivity index (χ2v) is 3.66. The molecule has 0 aromatic heterocycles. The van der Waals surface area contributed by atoms with E-state index < -0.39 is 0 Å². The zero-order valence-corrected chi connectivity index (χ0v) is 10.5. The Labute approximate surface area is 106 Å². The molecule has 0 aliphatic heterocycles. The number of ether oxygens (including phenoxy) is 2. The Bertz CT molecular complexity index is 432. The Morgan fingerprint density at radius 2 is 1.89 bits per heavy atom. The lowest BCUT2D eigenvalue weighted by Gasteiger charge is -2.01. The second kappa shape index (κ2) is 7.27. The molecule has 0 bridgehead atoms. The van der Waals surface area contributed by atoms with Crippen molar-refractivity contribution in [2.75, 3.05) is 6.61 Å². The van der Waals surface area contributed by atoms with Crippen molar-refractivity contribution in [1.82, 2.24) is 0 Å². The number of rotatable bonds is 5. The van der Waals surface area contributed by atoms with Crippen molar-refractivity contribution in [3.8, 4) is 5.75 Å². The maximum absolute atomic E-state index is 11.2. The maximum atomic E-state index is 11.2. The molecule has 1 rings (SSSR count). The van der Waals surface area contributed by atoms with Gasteiger partial charge in [0.25, 0.3) is 0 Å². The lowest BCUT2D eigenvalue weighted by molar-refractivity contribution is -0.137. The van der Waals surface area contributed by atoms with Crippen molar-refractivity contribution >= 4 is 18.0 Å². The summed E-state index contributed by atoms with van der Waals surface area (Å²) in [5.41, 5.74) is 0.833. The average molecular weight is 248 g/mol. The van der Waals surface area contributed by atoms with Gasteiger partial charge in [-0.3, -0.25) is 4.79 Å². The van der Waals surface area contributed by atoms with Gasteiger partial charge in [0.1, 0.15) is 5.75 Å². The van der Waals surface area contributed by atoms with E-state index in [0.717, 1.165) is 12.0 Å². The molecule has 0 atom stereocenters. The number of carbonyl (C=O) groups excluding carboxylic acids is 2. The minimum atomic E-state index is -0.360. The molecule has 1 aromatic carbocycles. The number of carbonyl (C=O) groups is 2. The molecule has 0 radical (unpaired) electrons. The fraction of sp³-hybridized carbons (Fsp3) is 0.286. The standard InChI is InChI=1S/C14H16O4/c1-3-10-17-14(16)9-6-12-4-7-13(8-5-12)18-11(2)15/h4-9H,3,10H2,1-2H3. The number of hydrogen-bond donors (Lipinski definition) is 0. The predicted molar refractivity (Wildman–Crippen MR) is 68.0 cm³/mol. The van der Waals surface area contributed by atoms with Gasteiger partial charge in [0.2, 0.25) is 0 Å². The fourth-order valence-electron chi connectivity index (χ4n) is 1.23. The van der Waals surface area contributed by atoms with E-state index in [2.05, 4.69) is 0 Å². The SMILES string of the molecule is CCCOC(=O)C=Cc1ccc(OC(C)=O)cc1. The number of esters is 2. The smallest absolute Gasteiger partial charge is 0.330 e. The Balaban J connectivity index is 2.55. The second-order valence-electron chi connectivity index (χ2n) is 3.66. The molecule has 0 saturated carbocycles. The van der Waals surface area contributed by atoms with Gasteiger partial charge in [0.15, 0.2) is 0 Å². The molecule has 0 fully saturated rings. The first-order valence-electron chi connectivity index (χ1n) is 5.75. The highest BCUT2D eigenvalue weighted by atomic mass is 16.5. The van der Waals surface area contributed by atoms with Gasteiger partial charge in [-0.2, -0.15) is 0 Å². The zero-order chi connectivity index (χ0) is 13.4. The molecule has 0 unspecified atom stereocenters. The fourth-order valence-corrected chi connectivity index (χ4v) is 1.23. The zero-order valence-electron chi connectivity index (χ0n) is 10.5. The summed E-state index contributed by atoms with van der Waals surface area (Å²) in [5, 5.41) is 0. The molecule has 18 heavy (non-hydrogen) atoms. The van der Waals surface area contributed by atoms with Crippen LogP contribution in [0.25, 0.3) is 6.08 Å². The van der Waals surface area contributed by atoms with Gasteiger partial charge in [0.05, 0.1) is 6.61 Å². The minimum absolute atomic E-state index is 0.360. The molecular formula is C14H16O4. The van der Waals surface area contributed by atoms with Crippen molar-refractivity contribution in [2.24, 2.45) is 0 Å². The van der Waals surface area contributed by atoms with Crippen LogP contribution >= 0.6 is 0 Å². The van der Waals surface area contributed by atoms with Crippen molar-refractivity contribution < 1.29 is 19.1 Å². The van der Waals surface area contributed by atoms with Crippen LogP contribution in [0.15, 0.2) is 30.3 Å². The first-order valence-corrected chi connectivity index (χ1v) is 5.75. The van der Waals surface area contributed by atoms with E-state index in [-0.39, 0.29) is 11.9 Å². The van der Waals surface area contributed by atoms with Crippen molar-refractivity contribution in [3.63, 3.8) is 0 Å². The van der Waals surface area contributed by atoms with Crippen molar-refractivity contribution in [1.29, 1.82) is 0 Å². The van der Waals surface area contributed by atoms with E-state index in [1.807, 2.05) is 6.92 Å². The van der Waals surface area contributed by atoms with E-state index >= 15 is 0 Å². The average Bonchev–Trinajstić information content (AvgIpc) is 2.35. The van der Waals surface area contributed by atoms with Crippen molar-refractivity contribution in [2.45, 2.75) is 20.3 Å². The highest BCUT2D eigenvalue weighted by Gasteiger charge is 1.98. The van der Waals surface area contributed by atoms with Gasteiger partial charge in [-0.1, -0.05) is 19.1 Å². The summed E-state index contributed by atoms with van der Waals surface area (Å²) in [4.78, 5) is 21.9.